The molecule has 1 unspecified atom stereocenters. The van der Waals surface area contributed by atoms with Crippen molar-refractivity contribution in [2.45, 2.75) is 39.2 Å². The third-order valence-corrected chi connectivity index (χ3v) is 2.53. The number of aliphatic hydroxyl groups excluding tert-OH is 1. The number of aliphatic hydroxyl groups is 1. The van der Waals surface area contributed by atoms with Gasteiger partial charge in [-0.25, -0.2) is 0 Å². The van der Waals surface area contributed by atoms with Gasteiger partial charge in [0.2, 0.25) is 0 Å². The van der Waals surface area contributed by atoms with Crippen LogP contribution >= 0.6 is 0 Å². The van der Waals surface area contributed by atoms with E-state index < -0.39 is 0 Å². The van der Waals surface area contributed by atoms with E-state index in [1.54, 1.807) is 0 Å². The van der Waals surface area contributed by atoms with Crippen molar-refractivity contribution >= 4 is 0 Å². The summed E-state index contributed by atoms with van der Waals surface area (Å²) in [6.07, 6.45) is 2.23. The van der Waals surface area contributed by atoms with Gasteiger partial charge in [-0.2, -0.15) is 0 Å². The normalized spacial score (nSPS) is 12.5. The first-order valence-electron chi connectivity index (χ1n) is 5.66. The Balaban J connectivity index is 2.43. The first kappa shape index (κ1) is 12.1. The van der Waals surface area contributed by atoms with Crippen LogP contribution < -0.4 is 4.74 Å². The molecule has 0 fully saturated rings. The SMILES string of the molecule is CCc1ccccc1OCCC(O)CC. The van der Waals surface area contributed by atoms with Crippen LogP contribution in [0.25, 0.3) is 0 Å². The first-order chi connectivity index (χ1) is 7.27. The molecule has 0 heterocycles. The Labute approximate surface area is 91.9 Å². The van der Waals surface area contributed by atoms with Gasteiger partial charge in [0.15, 0.2) is 0 Å². The van der Waals surface area contributed by atoms with Crippen molar-refractivity contribution < 1.29 is 9.84 Å². The van der Waals surface area contributed by atoms with Crippen LogP contribution in [0.15, 0.2) is 24.3 Å². The molecule has 0 aliphatic carbocycles. The minimum atomic E-state index is -0.237. The number of hydrogen-bond donors (Lipinski definition) is 1. The largest absolute Gasteiger partial charge is 0.493 e. The molecule has 0 spiro atoms. The highest BCUT2D eigenvalue weighted by Gasteiger charge is 2.03. The van der Waals surface area contributed by atoms with Crippen molar-refractivity contribution in [3.63, 3.8) is 0 Å². The molecule has 1 atom stereocenters. The quantitative estimate of drug-likeness (QED) is 0.779. The number of ether oxygens (including phenoxy) is 1. The van der Waals surface area contributed by atoms with E-state index in [0.717, 1.165) is 18.6 Å². The van der Waals surface area contributed by atoms with Crippen LogP contribution in [-0.4, -0.2) is 17.8 Å². The second-order valence-electron chi connectivity index (χ2n) is 3.66. The second-order valence-corrected chi connectivity index (χ2v) is 3.66. The molecule has 1 aromatic carbocycles. The van der Waals surface area contributed by atoms with Gasteiger partial charge < -0.3 is 9.84 Å². The number of para-hydroxylation sites is 1. The lowest BCUT2D eigenvalue weighted by Gasteiger charge is -2.12. The van der Waals surface area contributed by atoms with Gasteiger partial charge in [0.1, 0.15) is 5.75 Å². The molecule has 1 N–H and O–H groups in total. The van der Waals surface area contributed by atoms with Gasteiger partial charge >= 0.3 is 0 Å². The number of aryl methyl sites for hydroxylation is 1. The van der Waals surface area contributed by atoms with E-state index in [2.05, 4.69) is 13.0 Å². The lowest BCUT2D eigenvalue weighted by atomic mass is 10.1. The predicted molar refractivity (Wildman–Crippen MR) is 62.2 cm³/mol. The minimum Gasteiger partial charge on any atom is -0.493 e. The first-order valence-corrected chi connectivity index (χ1v) is 5.66. The maximum absolute atomic E-state index is 9.38. The summed E-state index contributed by atoms with van der Waals surface area (Å²) in [5, 5.41) is 9.38. The summed E-state index contributed by atoms with van der Waals surface area (Å²) in [6.45, 7) is 4.68. The van der Waals surface area contributed by atoms with E-state index in [4.69, 9.17) is 4.74 Å². The van der Waals surface area contributed by atoms with Crippen molar-refractivity contribution in [2.24, 2.45) is 0 Å². The zero-order valence-electron chi connectivity index (χ0n) is 9.57. The molecule has 0 bridgehead atoms. The average Bonchev–Trinajstić information content (AvgIpc) is 2.29. The zero-order chi connectivity index (χ0) is 11.1. The summed E-state index contributed by atoms with van der Waals surface area (Å²) >= 11 is 0. The molecule has 84 valence electrons. The van der Waals surface area contributed by atoms with E-state index in [-0.39, 0.29) is 6.10 Å². The Morgan fingerprint density at radius 1 is 1.27 bits per heavy atom. The summed E-state index contributed by atoms with van der Waals surface area (Å²) in [6, 6.07) is 8.06. The van der Waals surface area contributed by atoms with Crippen LogP contribution in [0.1, 0.15) is 32.3 Å². The molecule has 2 nitrogen and oxygen atoms in total. The van der Waals surface area contributed by atoms with E-state index in [1.165, 1.54) is 5.56 Å². The lowest BCUT2D eigenvalue weighted by Crippen LogP contribution is -2.10. The summed E-state index contributed by atoms with van der Waals surface area (Å²) in [5.41, 5.74) is 1.23. The highest BCUT2D eigenvalue weighted by atomic mass is 16.5. The fourth-order valence-corrected chi connectivity index (χ4v) is 1.45. The van der Waals surface area contributed by atoms with Gasteiger partial charge in [0.25, 0.3) is 0 Å². The Bertz CT molecular complexity index is 284. The smallest absolute Gasteiger partial charge is 0.122 e. The van der Waals surface area contributed by atoms with Gasteiger partial charge in [-0.3, -0.25) is 0 Å². The van der Waals surface area contributed by atoms with Crippen LogP contribution in [0, 0.1) is 0 Å². The molecule has 0 aliphatic heterocycles. The monoisotopic (exact) mass is 208 g/mol. The topological polar surface area (TPSA) is 29.5 Å². The van der Waals surface area contributed by atoms with Crippen LogP contribution in [0.4, 0.5) is 0 Å². The highest BCUT2D eigenvalue weighted by Crippen LogP contribution is 2.18. The maximum atomic E-state index is 9.38. The number of benzene rings is 1. The molecule has 0 saturated carbocycles. The van der Waals surface area contributed by atoms with Crippen LogP contribution in [0.2, 0.25) is 0 Å². The molecule has 1 aromatic rings. The standard InChI is InChI=1S/C13H20O2/c1-3-11-7-5-6-8-13(11)15-10-9-12(14)4-2/h5-8,12,14H,3-4,9-10H2,1-2H3. The minimum absolute atomic E-state index is 0.237. The molecule has 2 heteroatoms. The summed E-state index contributed by atoms with van der Waals surface area (Å²) in [5.74, 6) is 0.948. The van der Waals surface area contributed by atoms with Crippen molar-refractivity contribution in [2.75, 3.05) is 6.61 Å². The Morgan fingerprint density at radius 3 is 2.67 bits per heavy atom. The Kier molecular flexibility index (Phi) is 5.19. The van der Waals surface area contributed by atoms with E-state index in [1.807, 2.05) is 25.1 Å². The van der Waals surface area contributed by atoms with Gasteiger partial charge in [0.05, 0.1) is 12.7 Å². The molecule has 0 radical (unpaired) electrons. The Hall–Kier alpha value is -1.02. The van der Waals surface area contributed by atoms with Crippen LogP contribution in [-0.2, 0) is 6.42 Å². The zero-order valence-corrected chi connectivity index (χ0v) is 9.57. The molecule has 0 aliphatic rings. The highest BCUT2D eigenvalue weighted by molar-refractivity contribution is 5.33. The van der Waals surface area contributed by atoms with Crippen molar-refractivity contribution in [1.82, 2.24) is 0 Å². The van der Waals surface area contributed by atoms with E-state index in [0.29, 0.717) is 13.0 Å². The number of hydrogen-bond acceptors (Lipinski definition) is 2. The number of rotatable bonds is 6. The molecule has 1 rings (SSSR count). The van der Waals surface area contributed by atoms with Crippen molar-refractivity contribution in [3.05, 3.63) is 29.8 Å². The third-order valence-electron chi connectivity index (χ3n) is 2.53. The second kappa shape index (κ2) is 6.46. The van der Waals surface area contributed by atoms with E-state index in [9.17, 15) is 5.11 Å². The lowest BCUT2D eigenvalue weighted by molar-refractivity contribution is 0.135. The molecule has 15 heavy (non-hydrogen) atoms. The predicted octanol–water partition coefficient (Wildman–Crippen LogP) is 2.79. The molecular formula is C13H20O2. The van der Waals surface area contributed by atoms with Gasteiger partial charge in [0, 0.05) is 6.42 Å². The van der Waals surface area contributed by atoms with Crippen LogP contribution in [0.5, 0.6) is 5.75 Å². The van der Waals surface area contributed by atoms with Crippen molar-refractivity contribution in [1.29, 1.82) is 0 Å². The van der Waals surface area contributed by atoms with Crippen LogP contribution in [0.3, 0.4) is 0 Å². The summed E-state index contributed by atoms with van der Waals surface area (Å²) in [4.78, 5) is 0. The fourth-order valence-electron chi connectivity index (χ4n) is 1.45. The maximum Gasteiger partial charge on any atom is 0.122 e. The molecule has 0 amide bonds. The molecule has 0 aromatic heterocycles. The van der Waals surface area contributed by atoms with Gasteiger partial charge in [-0.1, -0.05) is 32.0 Å². The van der Waals surface area contributed by atoms with Gasteiger partial charge in [-0.05, 0) is 24.5 Å². The Morgan fingerprint density at radius 2 is 2.00 bits per heavy atom. The molecular weight excluding hydrogens is 188 g/mol. The van der Waals surface area contributed by atoms with Gasteiger partial charge in [-0.15, -0.1) is 0 Å². The van der Waals surface area contributed by atoms with E-state index >= 15 is 0 Å². The third kappa shape index (κ3) is 3.92. The fraction of sp³-hybridized carbons (Fsp3) is 0.538. The summed E-state index contributed by atoms with van der Waals surface area (Å²) in [7, 11) is 0. The van der Waals surface area contributed by atoms with Crippen molar-refractivity contribution in [3.8, 4) is 5.75 Å². The molecule has 0 saturated heterocycles. The average molecular weight is 208 g/mol. The summed E-state index contributed by atoms with van der Waals surface area (Å²) < 4.78 is 5.64.